The summed E-state index contributed by atoms with van der Waals surface area (Å²) < 4.78 is 0. The van der Waals surface area contributed by atoms with Crippen molar-refractivity contribution in [3.63, 3.8) is 0 Å². The van der Waals surface area contributed by atoms with Gasteiger partial charge in [-0.05, 0) is 31.7 Å². The minimum Gasteiger partial charge on any atom is -0.481 e. The van der Waals surface area contributed by atoms with E-state index in [1.54, 1.807) is 6.92 Å². The summed E-state index contributed by atoms with van der Waals surface area (Å²) in [6.07, 6.45) is 2.43. The Morgan fingerprint density at radius 2 is 2.28 bits per heavy atom. The normalized spacial score (nSPS) is 18.9. The third kappa shape index (κ3) is 1.69. The van der Waals surface area contributed by atoms with Gasteiger partial charge in [-0.15, -0.1) is 11.3 Å². The van der Waals surface area contributed by atoms with E-state index in [4.69, 9.17) is 11.6 Å². The van der Waals surface area contributed by atoms with E-state index < -0.39 is 11.9 Å². The molecular formula is C12H11ClN2O2S. The maximum atomic E-state index is 11.3. The van der Waals surface area contributed by atoms with Gasteiger partial charge in [0.2, 0.25) is 0 Å². The van der Waals surface area contributed by atoms with Gasteiger partial charge < -0.3 is 5.11 Å². The second-order valence-corrected chi connectivity index (χ2v) is 5.86. The fraction of sp³-hybridized carbons (Fsp3) is 0.417. The molecular weight excluding hydrogens is 272 g/mol. The predicted molar refractivity (Wildman–Crippen MR) is 70.5 cm³/mol. The number of hydrogen-bond acceptors (Lipinski definition) is 4. The van der Waals surface area contributed by atoms with Crippen LogP contribution in [0.25, 0.3) is 10.2 Å². The molecule has 1 N–H and O–H groups in total. The molecule has 1 aliphatic rings. The van der Waals surface area contributed by atoms with Crippen LogP contribution in [0.1, 0.15) is 35.0 Å². The van der Waals surface area contributed by atoms with E-state index in [-0.39, 0.29) is 0 Å². The fourth-order valence-electron chi connectivity index (χ4n) is 2.51. The van der Waals surface area contributed by atoms with Crippen molar-refractivity contribution in [3.8, 4) is 0 Å². The van der Waals surface area contributed by atoms with Crippen LogP contribution in [0.3, 0.4) is 0 Å². The number of carboxylic acids is 1. The van der Waals surface area contributed by atoms with Crippen LogP contribution in [0.5, 0.6) is 0 Å². The van der Waals surface area contributed by atoms with Gasteiger partial charge in [-0.25, -0.2) is 9.97 Å². The second-order valence-electron chi connectivity index (χ2n) is 4.47. The van der Waals surface area contributed by atoms with E-state index >= 15 is 0 Å². The largest absolute Gasteiger partial charge is 0.481 e. The quantitative estimate of drug-likeness (QED) is 0.816. The van der Waals surface area contributed by atoms with Gasteiger partial charge in [0.05, 0.1) is 11.3 Å². The number of halogens is 1. The first-order valence-corrected chi connectivity index (χ1v) is 6.95. The molecule has 1 atom stereocenters. The van der Waals surface area contributed by atoms with Crippen molar-refractivity contribution in [2.45, 2.75) is 32.1 Å². The Morgan fingerprint density at radius 3 is 3.00 bits per heavy atom. The Labute approximate surface area is 113 Å². The highest BCUT2D eigenvalue weighted by Gasteiger charge is 2.31. The highest BCUT2D eigenvalue weighted by atomic mass is 35.5. The van der Waals surface area contributed by atoms with Gasteiger partial charge in [0.1, 0.15) is 15.8 Å². The van der Waals surface area contributed by atoms with Gasteiger partial charge in [0, 0.05) is 4.88 Å². The number of hydrogen-bond donors (Lipinski definition) is 1. The lowest BCUT2D eigenvalue weighted by atomic mass is 9.88. The minimum absolute atomic E-state index is 0.413. The maximum Gasteiger partial charge on any atom is 0.311 e. The standard InChI is InChI=1S/C12H11ClN2O2S/c1-5-14-10(13)8-6-3-2-4-7(12(16)17)9(6)18-11(8)15-5/h7H,2-4H2,1H3,(H,16,17). The molecule has 0 spiro atoms. The molecule has 2 heterocycles. The topological polar surface area (TPSA) is 63.1 Å². The SMILES string of the molecule is Cc1nc(Cl)c2c3c(sc2n1)C(C(=O)O)CCC3. The van der Waals surface area contributed by atoms with Crippen molar-refractivity contribution in [1.29, 1.82) is 0 Å². The molecule has 0 radical (unpaired) electrons. The molecule has 4 nitrogen and oxygen atoms in total. The summed E-state index contributed by atoms with van der Waals surface area (Å²) in [7, 11) is 0. The predicted octanol–water partition coefficient (Wildman–Crippen LogP) is 3.16. The molecule has 0 amide bonds. The van der Waals surface area contributed by atoms with Crippen molar-refractivity contribution in [2.24, 2.45) is 0 Å². The summed E-state index contributed by atoms with van der Waals surface area (Å²) in [5.41, 5.74) is 1.04. The summed E-state index contributed by atoms with van der Waals surface area (Å²) in [6, 6.07) is 0. The van der Waals surface area contributed by atoms with Crippen molar-refractivity contribution in [3.05, 3.63) is 21.4 Å². The number of nitrogens with zero attached hydrogens (tertiary/aromatic N) is 2. The maximum absolute atomic E-state index is 11.3. The number of aryl methyl sites for hydroxylation is 2. The third-order valence-electron chi connectivity index (χ3n) is 3.28. The zero-order chi connectivity index (χ0) is 12.9. The number of aliphatic carboxylic acids is 1. The van der Waals surface area contributed by atoms with E-state index in [1.807, 2.05) is 0 Å². The molecule has 0 saturated heterocycles. The number of aromatic nitrogens is 2. The van der Waals surface area contributed by atoms with E-state index in [2.05, 4.69) is 9.97 Å². The van der Waals surface area contributed by atoms with Crippen LogP contribution in [0.2, 0.25) is 5.15 Å². The molecule has 94 valence electrons. The molecule has 0 aromatic carbocycles. The Hall–Kier alpha value is -1.20. The van der Waals surface area contributed by atoms with Crippen molar-refractivity contribution in [1.82, 2.24) is 9.97 Å². The Kier molecular flexibility index (Phi) is 2.75. The number of thiophene rings is 1. The van der Waals surface area contributed by atoms with Gasteiger partial charge in [-0.1, -0.05) is 11.6 Å². The molecule has 0 bridgehead atoms. The molecule has 0 saturated carbocycles. The van der Waals surface area contributed by atoms with Gasteiger partial charge in [0.25, 0.3) is 0 Å². The summed E-state index contributed by atoms with van der Waals surface area (Å²) in [5, 5.41) is 10.6. The molecule has 6 heteroatoms. The van der Waals surface area contributed by atoms with Gasteiger partial charge in [-0.3, -0.25) is 4.79 Å². The van der Waals surface area contributed by atoms with Crippen LogP contribution in [0.15, 0.2) is 0 Å². The van der Waals surface area contributed by atoms with Crippen LogP contribution in [-0.4, -0.2) is 21.0 Å². The second kappa shape index (κ2) is 4.17. The van der Waals surface area contributed by atoms with E-state index in [1.165, 1.54) is 11.3 Å². The van der Waals surface area contributed by atoms with Crippen molar-refractivity contribution in [2.75, 3.05) is 0 Å². The monoisotopic (exact) mass is 282 g/mol. The van der Waals surface area contributed by atoms with Crippen molar-refractivity contribution < 1.29 is 9.90 Å². The summed E-state index contributed by atoms with van der Waals surface area (Å²) >= 11 is 7.62. The zero-order valence-electron chi connectivity index (χ0n) is 9.73. The van der Waals surface area contributed by atoms with Crippen LogP contribution < -0.4 is 0 Å². The van der Waals surface area contributed by atoms with E-state index in [9.17, 15) is 9.90 Å². The summed E-state index contributed by atoms with van der Waals surface area (Å²) in [4.78, 5) is 21.5. The number of fused-ring (bicyclic) bond motifs is 3. The highest BCUT2D eigenvalue weighted by molar-refractivity contribution is 7.19. The number of carboxylic acid groups (broad SMARTS) is 1. The van der Waals surface area contributed by atoms with Crippen LogP contribution in [-0.2, 0) is 11.2 Å². The molecule has 3 rings (SSSR count). The number of rotatable bonds is 1. The van der Waals surface area contributed by atoms with Crippen LogP contribution in [0.4, 0.5) is 0 Å². The van der Waals surface area contributed by atoms with Crippen molar-refractivity contribution >= 4 is 39.1 Å². The molecule has 2 aromatic heterocycles. The van der Waals surface area contributed by atoms with E-state index in [0.717, 1.165) is 33.5 Å². The first-order chi connectivity index (χ1) is 8.58. The molecule has 0 aliphatic heterocycles. The molecule has 1 unspecified atom stereocenters. The highest BCUT2D eigenvalue weighted by Crippen LogP contribution is 2.43. The number of carbonyl (C=O) groups is 1. The zero-order valence-corrected chi connectivity index (χ0v) is 11.3. The molecule has 1 aliphatic carbocycles. The molecule has 2 aromatic rings. The lowest BCUT2D eigenvalue weighted by Crippen LogP contribution is -2.15. The van der Waals surface area contributed by atoms with E-state index in [0.29, 0.717) is 17.4 Å². The Morgan fingerprint density at radius 1 is 1.50 bits per heavy atom. The fourth-order valence-corrected chi connectivity index (χ4v) is 4.29. The van der Waals surface area contributed by atoms with Crippen LogP contribution >= 0.6 is 22.9 Å². The van der Waals surface area contributed by atoms with Gasteiger partial charge >= 0.3 is 5.97 Å². The summed E-state index contributed by atoms with van der Waals surface area (Å²) in [5.74, 6) is -0.550. The first kappa shape index (κ1) is 11.9. The summed E-state index contributed by atoms with van der Waals surface area (Å²) in [6.45, 7) is 1.79. The molecule has 0 fully saturated rings. The first-order valence-electron chi connectivity index (χ1n) is 5.76. The average molecular weight is 283 g/mol. The minimum atomic E-state index is -0.761. The Balaban J connectivity index is 2.30. The van der Waals surface area contributed by atoms with Crippen LogP contribution in [0, 0.1) is 6.92 Å². The lowest BCUT2D eigenvalue weighted by Gasteiger charge is -2.18. The Bertz CT molecular complexity index is 653. The van der Waals surface area contributed by atoms with Gasteiger partial charge in [0.15, 0.2) is 0 Å². The molecule has 18 heavy (non-hydrogen) atoms. The third-order valence-corrected chi connectivity index (χ3v) is 4.80. The van der Waals surface area contributed by atoms with Gasteiger partial charge in [-0.2, -0.15) is 0 Å². The smallest absolute Gasteiger partial charge is 0.311 e. The lowest BCUT2D eigenvalue weighted by molar-refractivity contribution is -0.139. The average Bonchev–Trinajstić information content (AvgIpc) is 2.65.